The molecule has 1 aliphatic rings. The van der Waals surface area contributed by atoms with Gasteiger partial charge >= 0.3 is 12.1 Å². The van der Waals surface area contributed by atoms with Gasteiger partial charge in [-0.15, -0.1) is 0 Å². The van der Waals surface area contributed by atoms with E-state index in [9.17, 15) is 21.6 Å². The molecule has 3 rings (SSSR count). The molecular formula is C15H20F3N5O5S. The summed E-state index contributed by atoms with van der Waals surface area (Å²) in [5.74, 6) is -2.80. The van der Waals surface area contributed by atoms with Crippen LogP contribution in [0.1, 0.15) is 17.3 Å². The molecule has 2 aromatic heterocycles. The standard InChI is InChI=1S/C13H19N5O3S.C2HF3O2/c1-16-6-12(15-8-16)22(19,20)18-4-10(7-21-3)13-11(5-18)14-9-17(13)2;3-2(4,5)1(6)7/h6,8-10H,4-5,7H2,1-3H3;(H,6,7). The van der Waals surface area contributed by atoms with Gasteiger partial charge in [-0.05, 0) is 0 Å². The van der Waals surface area contributed by atoms with Crippen molar-refractivity contribution >= 4 is 16.0 Å². The Kier molecular flexibility index (Phi) is 6.70. The Hall–Kier alpha value is -2.45. The molecule has 0 aromatic carbocycles. The van der Waals surface area contributed by atoms with Crippen molar-refractivity contribution in [2.75, 3.05) is 20.3 Å². The fraction of sp³-hybridized carbons (Fsp3) is 0.533. The van der Waals surface area contributed by atoms with Crippen LogP contribution < -0.4 is 0 Å². The van der Waals surface area contributed by atoms with Gasteiger partial charge in [0.2, 0.25) is 0 Å². The number of imidazole rings is 2. The van der Waals surface area contributed by atoms with E-state index in [0.717, 1.165) is 11.4 Å². The van der Waals surface area contributed by atoms with Crippen LogP contribution in [0, 0.1) is 0 Å². The first-order valence-corrected chi connectivity index (χ1v) is 9.59. The summed E-state index contributed by atoms with van der Waals surface area (Å²) < 4.78 is 67.5. The van der Waals surface area contributed by atoms with Crippen LogP contribution in [0.5, 0.6) is 0 Å². The van der Waals surface area contributed by atoms with Crippen molar-refractivity contribution in [1.82, 2.24) is 23.4 Å². The van der Waals surface area contributed by atoms with Gasteiger partial charge in [0.25, 0.3) is 10.0 Å². The highest BCUT2D eigenvalue weighted by Crippen LogP contribution is 2.30. The van der Waals surface area contributed by atoms with Gasteiger partial charge < -0.3 is 19.0 Å². The molecule has 3 heterocycles. The second kappa shape index (κ2) is 8.51. The lowest BCUT2D eigenvalue weighted by molar-refractivity contribution is -0.192. The summed E-state index contributed by atoms with van der Waals surface area (Å²) in [5.41, 5.74) is 1.81. The number of rotatable bonds is 4. The molecular weight excluding hydrogens is 419 g/mol. The van der Waals surface area contributed by atoms with Crippen LogP contribution in [0.2, 0.25) is 0 Å². The molecule has 29 heavy (non-hydrogen) atoms. The van der Waals surface area contributed by atoms with E-state index in [2.05, 4.69) is 9.97 Å². The number of carbonyl (C=O) groups is 1. The molecule has 162 valence electrons. The predicted octanol–water partition coefficient (Wildman–Crippen LogP) is 0.721. The maximum Gasteiger partial charge on any atom is 0.490 e. The highest BCUT2D eigenvalue weighted by atomic mass is 32.2. The minimum absolute atomic E-state index is 0.0419. The zero-order valence-corrected chi connectivity index (χ0v) is 16.6. The molecule has 1 atom stereocenters. The molecule has 10 nitrogen and oxygen atoms in total. The molecule has 14 heteroatoms. The molecule has 0 spiro atoms. The van der Waals surface area contributed by atoms with E-state index < -0.39 is 22.2 Å². The fourth-order valence-corrected chi connectivity index (χ4v) is 4.28. The molecule has 0 fully saturated rings. The Morgan fingerprint density at radius 1 is 1.31 bits per heavy atom. The van der Waals surface area contributed by atoms with Gasteiger partial charge in [-0.1, -0.05) is 0 Å². The van der Waals surface area contributed by atoms with Gasteiger partial charge in [-0.2, -0.15) is 17.5 Å². The van der Waals surface area contributed by atoms with Crippen LogP contribution >= 0.6 is 0 Å². The topological polar surface area (TPSA) is 120 Å². The van der Waals surface area contributed by atoms with Crippen molar-refractivity contribution in [3.05, 3.63) is 30.2 Å². The Labute approximate surface area is 164 Å². The summed E-state index contributed by atoms with van der Waals surface area (Å²) in [7, 11) is 1.64. The van der Waals surface area contributed by atoms with Crippen molar-refractivity contribution in [1.29, 1.82) is 0 Å². The van der Waals surface area contributed by atoms with Gasteiger partial charge in [0, 0.05) is 45.6 Å². The highest BCUT2D eigenvalue weighted by Gasteiger charge is 2.38. The first-order chi connectivity index (χ1) is 13.4. The minimum Gasteiger partial charge on any atom is -0.475 e. The van der Waals surface area contributed by atoms with E-state index in [1.165, 1.54) is 16.8 Å². The normalized spacial score (nSPS) is 17.4. The van der Waals surface area contributed by atoms with E-state index in [4.69, 9.17) is 14.6 Å². The smallest absolute Gasteiger partial charge is 0.475 e. The molecule has 1 N–H and O–H groups in total. The lowest BCUT2D eigenvalue weighted by Crippen LogP contribution is -2.40. The van der Waals surface area contributed by atoms with E-state index in [0.29, 0.717) is 13.2 Å². The number of aliphatic carboxylic acids is 1. The van der Waals surface area contributed by atoms with E-state index in [1.54, 1.807) is 25.1 Å². The van der Waals surface area contributed by atoms with Crippen LogP contribution in [0.4, 0.5) is 13.2 Å². The highest BCUT2D eigenvalue weighted by molar-refractivity contribution is 7.89. The lowest BCUT2D eigenvalue weighted by atomic mass is 10.0. The predicted molar refractivity (Wildman–Crippen MR) is 92.3 cm³/mol. The lowest BCUT2D eigenvalue weighted by Gasteiger charge is -2.31. The average Bonchev–Trinajstić information content (AvgIpc) is 3.21. The average molecular weight is 439 g/mol. The summed E-state index contributed by atoms with van der Waals surface area (Å²) in [6.07, 6.45) is -0.380. The van der Waals surface area contributed by atoms with Gasteiger partial charge in [-0.3, -0.25) is 0 Å². The van der Waals surface area contributed by atoms with Crippen molar-refractivity contribution in [2.45, 2.75) is 23.7 Å². The van der Waals surface area contributed by atoms with Crippen LogP contribution in [0.15, 0.2) is 23.9 Å². The van der Waals surface area contributed by atoms with Crippen molar-refractivity contribution in [2.24, 2.45) is 14.1 Å². The van der Waals surface area contributed by atoms with Crippen molar-refractivity contribution in [3.63, 3.8) is 0 Å². The largest absolute Gasteiger partial charge is 0.490 e. The monoisotopic (exact) mass is 439 g/mol. The molecule has 0 bridgehead atoms. The van der Waals surface area contributed by atoms with Gasteiger partial charge in [0.15, 0.2) is 5.03 Å². The molecule has 0 amide bonds. The number of carboxylic acids is 1. The Bertz CT molecular complexity index is 969. The van der Waals surface area contributed by atoms with E-state index in [-0.39, 0.29) is 17.5 Å². The zero-order valence-electron chi connectivity index (χ0n) is 15.8. The molecule has 0 saturated heterocycles. The van der Waals surface area contributed by atoms with Crippen molar-refractivity contribution in [3.8, 4) is 0 Å². The number of halogens is 3. The minimum atomic E-state index is -5.08. The number of nitrogens with zero attached hydrogens (tertiary/aromatic N) is 5. The van der Waals surface area contributed by atoms with Crippen LogP contribution in [0.3, 0.4) is 0 Å². The van der Waals surface area contributed by atoms with Gasteiger partial charge in [0.05, 0.1) is 31.5 Å². The number of methoxy groups -OCH3 is 1. The number of aryl methyl sites for hydroxylation is 2. The first-order valence-electron chi connectivity index (χ1n) is 8.15. The third-order valence-electron chi connectivity index (χ3n) is 4.10. The summed E-state index contributed by atoms with van der Waals surface area (Å²) in [6.45, 7) is 1.06. The molecule has 2 aromatic rings. The van der Waals surface area contributed by atoms with Crippen LogP contribution in [-0.2, 0) is 40.2 Å². The molecule has 1 unspecified atom stereocenters. The number of aromatic nitrogens is 4. The number of hydrogen-bond donors (Lipinski definition) is 1. The van der Waals surface area contributed by atoms with E-state index >= 15 is 0 Å². The Morgan fingerprint density at radius 2 is 1.93 bits per heavy atom. The summed E-state index contributed by atoms with van der Waals surface area (Å²) in [4.78, 5) is 17.2. The second-order valence-electron chi connectivity index (χ2n) is 6.32. The third kappa shape index (κ3) is 5.13. The van der Waals surface area contributed by atoms with Gasteiger partial charge in [-0.25, -0.2) is 23.2 Å². The third-order valence-corrected chi connectivity index (χ3v) is 5.79. The second-order valence-corrected chi connectivity index (χ2v) is 8.20. The van der Waals surface area contributed by atoms with Crippen LogP contribution in [-0.4, -0.2) is 69.3 Å². The summed E-state index contributed by atoms with van der Waals surface area (Å²) in [5, 5.41) is 7.19. The van der Waals surface area contributed by atoms with E-state index in [1.807, 2.05) is 11.6 Å². The number of hydrogen-bond acceptors (Lipinski definition) is 6. The number of ether oxygens (including phenoxy) is 1. The number of sulfonamides is 1. The SMILES string of the molecule is COCC1CN(S(=O)(=O)c2cn(C)cn2)Cc2ncn(C)c21.O=C(O)C(F)(F)F. The molecule has 0 aliphatic carbocycles. The molecule has 1 aliphatic heterocycles. The first kappa shape index (κ1) is 22.8. The fourth-order valence-electron chi connectivity index (χ4n) is 2.87. The maximum atomic E-state index is 12.7. The number of fused-ring (bicyclic) bond motifs is 1. The van der Waals surface area contributed by atoms with Crippen molar-refractivity contribution < 1.29 is 36.2 Å². The number of carboxylic acid groups (broad SMARTS) is 1. The summed E-state index contributed by atoms with van der Waals surface area (Å²) >= 11 is 0. The maximum absolute atomic E-state index is 12.7. The summed E-state index contributed by atoms with van der Waals surface area (Å²) in [6, 6.07) is 0. The quantitative estimate of drug-likeness (QED) is 0.746. The van der Waals surface area contributed by atoms with Gasteiger partial charge in [0.1, 0.15) is 0 Å². The molecule has 0 saturated carbocycles. The molecule has 0 radical (unpaired) electrons. The Balaban J connectivity index is 0.000000370. The number of alkyl halides is 3. The Morgan fingerprint density at radius 3 is 2.41 bits per heavy atom. The zero-order chi connectivity index (χ0) is 22.0. The van der Waals surface area contributed by atoms with Crippen LogP contribution in [0.25, 0.3) is 0 Å².